The van der Waals surface area contributed by atoms with Gasteiger partial charge in [-0.3, -0.25) is 9.59 Å². The van der Waals surface area contributed by atoms with Gasteiger partial charge < -0.3 is 15.0 Å². The summed E-state index contributed by atoms with van der Waals surface area (Å²) < 4.78 is 5.57. The van der Waals surface area contributed by atoms with E-state index in [9.17, 15) is 9.59 Å². The number of hydrogen-bond donors (Lipinski definition) is 1. The van der Waals surface area contributed by atoms with Crippen molar-refractivity contribution in [1.29, 1.82) is 0 Å². The maximum absolute atomic E-state index is 12.2. The lowest BCUT2D eigenvalue weighted by molar-refractivity contribution is -0.139. The van der Waals surface area contributed by atoms with Crippen LogP contribution in [-0.4, -0.2) is 49.1 Å². The van der Waals surface area contributed by atoms with Crippen LogP contribution in [0.25, 0.3) is 0 Å². The summed E-state index contributed by atoms with van der Waals surface area (Å²) in [7, 11) is 0. The molecule has 5 nitrogen and oxygen atoms in total. The third kappa shape index (κ3) is 2.97. The van der Waals surface area contributed by atoms with Gasteiger partial charge in [0.05, 0.1) is 12.0 Å². The van der Waals surface area contributed by atoms with Gasteiger partial charge in [-0.1, -0.05) is 0 Å². The molecule has 5 heteroatoms. The summed E-state index contributed by atoms with van der Waals surface area (Å²) in [5.74, 6) is -0.0719. The molecule has 2 atom stereocenters. The smallest absolute Gasteiger partial charge is 0.228 e. The van der Waals surface area contributed by atoms with Gasteiger partial charge in [0.1, 0.15) is 0 Å². The first kappa shape index (κ1) is 12.4. The maximum atomic E-state index is 12.2. The van der Waals surface area contributed by atoms with E-state index in [-0.39, 0.29) is 23.8 Å². The van der Waals surface area contributed by atoms with Crippen molar-refractivity contribution in [3.63, 3.8) is 0 Å². The van der Waals surface area contributed by atoms with E-state index >= 15 is 0 Å². The van der Waals surface area contributed by atoms with Crippen molar-refractivity contribution in [3.8, 4) is 0 Å². The zero-order valence-corrected chi connectivity index (χ0v) is 10.3. The van der Waals surface area contributed by atoms with Crippen molar-refractivity contribution in [2.75, 3.05) is 26.2 Å². The third-order valence-corrected chi connectivity index (χ3v) is 3.42. The molecule has 2 fully saturated rings. The molecule has 1 N–H and O–H groups in total. The zero-order chi connectivity index (χ0) is 12.3. The first-order valence-electron chi connectivity index (χ1n) is 6.37. The van der Waals surface area contributed by atoms with Gasteiger partial charge in [0.25, 0.3) is 0 Å². The minimum absolute atomic E-state index is 0.0123. The Labute approximate surface area is 101 Å². The molecule has 0 bridgehead atoms. The summed E-state index contributed by atoms with van der Waals surface area (Å²) in [4.78, 5) is 25.1. The van der Waals surface area contributed by atoms with Crippen LogP contribution in [0, 0.1) is 5.92 Å². The van der Waals surface area contributed by atoms with Crippen LogP contribution in [0.2, 0.25) is 0 Å². The molecular weight excluding hydrogens is 220 g/mol. The molecule has 2 aliphatic heterocycles. The lowest BCUT2D eigenvalue weighted by atomic mass is 10.0. The van der Waals surface area contributed by atoms with Crippen LogP contribution < -0.4 is 5.32 Å². The van der Waals surface area contributed by atoms with Crippen molar-refractivity contribution in [1.82, 2.24) is 10.2 Å². The second kappa shape index (κ2) is 5.49. The number of piperidine rings is 1. The first-order valence-corrected chi connectivity index (χ1v) is 6.37. The number of hydrogen-bond acceptors (Lipinski definition) is 3. The number of carbonyl (C=O) groups excluding carboxylic acids is 2. The number of amides is 2. The van der Waals surface area contributed by atoms with Crippen LogP contribution in [0.1, 0.15) is 26.2 Å². The number of likely N-dealkylation sites (tertiary alicyclic amines) is 1. The molecule has 0 aromatic heterocycles. The fraction of sp³-hybridized carbons (Fsp3) is 0.833. The highest BCUT2D eigenvalue weighted by atomic mass is 16.5. The average Bonchev–Trinajstić information content (AvgIpc) is 2.76. The molecule has 0 aromatic rings. The molecule has 17 heavy (non-hydrogen) atoms. The Kier molecular flexibility index (Phi) is 3.99. The van der Waals surface area contributed by atoms with Crippen LogP contribution in [0.3, 0.4) is 0 Å². The van der Waals surface area contributed by atoms with Crippen molar-refractivity contribution in [3.05, 3.63) is 0 Å². The molecule has 2 unspecified atom stereocenters. The van der Waals surface area contributed by atoms with E-state index in [0.717, 1.165) is 19.4 Å². The van der Waals surface area contributed by atoms with Crippen molar-refractivity contribution in [2.45, 2.75) is 32.3 Å². The molecule has 0 aromatic carbocycles. The predicted molar refractivity (Wildman–Crippen MR) is 62.3 cm³/mol. The quantitative estimate of drug-likeness (QED) is 0.764. The molecule has 0 saturated carbocycles. The molecule has 2 saturated heterocycles. The highest BCUT2D eigenvalue weighted by Crippen LogP contribution is 2.18. The van der Waals surface area contributed by atoms with Gasteiger partial charge >= 0.3 is 0 Å². The molecule has 2 aliphatic rings. The topological polar surface area (TPSA) is 58.6 Å². The van der Waals surface area contributed by atoms with Crippen LogP contribution in [0.5, 0.6) is 0 Å². The summed E-state index contributed by atoms with van der Waals surface area (Å²) in [5.41, 5.74) is 0. The summed E-state index contributed by atoms with van der Waals surface area (Å²) in [5, 5.41) is 2.71. The number of rotatable bonds is 3. The van der Waals surface area contributed by atoms with E-state index in [2.05, 4.69) is 5.32 Å². The second-order valence-electron chi connectivity index (χ2n) is 4.71. The van der Waals surface area contributed by atoms with Gasteiger partial charge in [-0.25, -0.2) is 0 Å². The summed E-state index contributed by atoms with van der Waals surface area (Å²) in [6, 6.07) is 0. The van der Waals surface area contributed by atoms with Gasteiger partial charge in [0.15, 0.2) is 0 Å². The Bertz CT molecular complexity index is 304. The van der Waals surface area contributed by atoms with Crippen LogP contribution in [0.4, 0.5) is 0 Å². The highest BCUT2D eigenvalue weighted by Gasteiger charge is 2.33. The zero-order valence-electron chi connectivity index (χ0n) is 10.3. The molecule has 0 aliphatic carbocycles. The maximum Gasteiger partial charge on any atom is 0.228 e. The van der Waals surface area contributed by atoms with Crippen LogP contribution in [0.15, 0.2) is 0 Å². The Balaban J connectivity index is 1.88. The second-order valence-corrected chi connectivity index (χ2v) is 4.71. The van der Waals surface area contributed by atoms with Gasteiger partial charge in [-0.05, 0) is 19.8 Å². The Morgan fingerprint density at radius 1 is 1.59 bits per heavy atom. The van der Waals surface area contributed by atoms with Gasteiger partial charge in [-0.2, -0.15) is 0 Å². The number of ether oxygens (including phenoxy) is 1. The SMILES string of the molecule is CCOC1CCCN(C(=O)C2CNC(=O)C2)C1. The standard InChI is InChI=1S/C12H20N2O3/c1-2-17-10-4-3-5-14(8-10)12(16)9-6-11(15)13-7-9/h9-10H,2-8H2,1H3,(H,13,15). The predicted octanol–water partition coefficient (Wildman–Crippen LogP) is 0.150. The average molecular weight is 240 g/mol. The lowest BCUT2D eigenvalue weighted by Crippen LogP contribution is -2.46. The molecule has 0 radical (unpaired) electrons. The molecule has 96 valence electrons. The number of nitrogens with one attached hydrogen (secondary N) is 1. The summed E-state index contributed by atoms with van der Waals surface area (Å²) in [6.45, 7) is 4.63. The van der Waals surface area contributed by atoms with Gasteiger partial charge in [-0.15, -0.1) is 0 Å². The lowest BCUT2D eigenvalue weighted by Gasteiger charge is -2.33. The molecule has 2 heterocycles. The number of carbonyl (C=O) groups is 2. The normalized spacial score (nSPS) is 29.2. The van der Waals surface area contributed by atoms with E-state index in [1.54, 1.807) is 0 Å². The molecular formula is C12H20N2O3. The monoisotopic (exact) mass is 240 g/mol. The minimum Gasteiger partial charge on any atom is -0.377 e. The van der Waals surface area contributed by atoms with Crippen LogP contribution >= 0.6 is 0 Å². The van der Waals surface area contributed by atoms with Gasteiger partial charge in [0, 0.05) is 32.7 Å². The molecule has 2 amide bonds. The van der Waals surface area contributed by atoms with E-state index in [4.69, 9.17) is 4.74 Å². The number of nitrogens with zero attached hydrogens (tertiary/aromatic N) is 1. The third-order valence-electron chi connectivity index (χ3n) is 3.42. The van der Waals surface area contributed by atoms with E-state index < -0.39 is 0 Å². The van der Waals surface area contributed by atoms with Crippen LogP contribution in [-0.2, 0) is 14.3 Å². The molecule has 0 spiro atoms. The fourth-order valence-corrected chi connectivity index (χ4v) is 2.55. The van der Waals surface area contributed by atoms with Gasteiger partial charge in [0.2, 0.25) is 11.8 Å². The Hall–Kier alpha value is -1.10. The largest absolute Gasteiger partial charge is 0.377 e. The minimum atomic E-state index is -0.164. The fourth-order valence-electron chi connectivity index (χ4n) is 2.55. The molecule has 2 rings (SSSR count). The highest BCUT2D eigenvalue weighted by molar-refractivity contribution is 5.89. The van der Waals surface area contributed by atoms with Crippen molar-refractivity contribution >= 4 is 11.8 Å². The van der Waals surface area contributed by atoms with E-state index in [1.807, 2.05) is 11.8 Å². The van der Waals surface area contributed by atoms with Crippen molar-refractivity contribution in [2.24, 2.45) is 5.92 Å². The summed E-state index contributed by atoms with van der Waals surface area (Å²) >= 11 is 0. The Morgan fingerprint density at radius 3 is 3.06 bits per heavy atom. The Morgan fingerprint density at radius 2 is 2.41 bits per heavy atom. The first-order chi connectivity index (χ1) is 8.20. The summed E-state index contributed by atoms with van der Waals surface area (Å²) in [6.07, 6.45) is 2.53. The van der Waals surface area contributed by atoms with E-state index in [0.29, 0.717) is 26.1 Å². The van der Waals surface area contributed by atoms with E-state index in [1.165, 1.54) is 0 Å². The van der Waals surface area contributed by atoms with Crippen molar-refractivity contribution < 1.29 is 14.3 Å².